The van der Waals surface area contributed by atoms with Gasteiger partial charge in [-0.15, -0.1) is 0 Å². The standard InChI is InChI=1S/C27H25N3O3/c1-4-33-26(31)23-24(18-13-15-20(32-3)16-14-18)29-27-28-21-7-5-6-8-22(21)30(27)25(23)19-11-9-17(2)10-12-19/h5-16,25H,4H2,1-3H3,(H,28,29)/t25-/m1/s1. The number of nitrogens with zero attached hydrogens (tertiary/aromatic N) is 2. The minimum Gasteiger partial charge on any atom is -0.497 e. The van der Waals surface area contributed by atoms with Crippen LogP contribution in [0.15, 0.2) is 78.4 Å². The molecule has 0 amide bonds. The summed E-state index contributed by atoms with van der Waals surface area (Å²) in [5, 5.41) is 3.43. The van der Waals surface area contributed by atoms with Crippen LogP contribution in [0.1, 0.15) is 29.7 Å². The molecule has 0 aliphatic carbocycles. The van der Waals surface area contributed by atoms with Crippen molar-refractivity contribution >= 4 is 28.6 Å². The van der Waals surface area contributed by atoms with Crippen LogP contribution in [-0.2, 0) is 9.53 Å². The number of ether oxygens (including phenoxy) is 2. The molecule has 3 aromatic carbocycles. The van der Waals surface area contributed by atoms with E-state index in [9.17, 15) is 4.79 Å². The second-order valence-electron chi connectivity index (χ2n) is 7.97. The number of carbonyl (C=O) groups excluding carboxylic acids is 1. The van der Waals surface area contributed by atoms with Crippen molar-refractivity contribution in [3.05, 3.63) is 95.1 Å². The molecular weight excluding hydrogens is 414 g/mol. The van der Waals surface area contributed by atoms with Crippen LogP contribution < -0.4 is 10.1 Å². The maximum atomic E-state index is 13.4. The molecule has 6 nitrogen and oxygen atoms in total. The third-order valence-electron chi connectivity index (χ3n) is 5.90. The lowest BCUT2D eigenvalue weighted by molar-refractivity contribution is -0.138. The number of aryl methyl sites for hydroxylation is 1. The largest absolute Gasteiger partial charge is 0.497 e. The minimum absolute atomic E-state index is 0.288. The van der Waals surface area contributed by atoms with Crippen molar-refractivity contribution in [2.75, 3.05) is 19.0 Å². The Kier molecular flexibility index (Phi) is 5.34. The molecule has 6 heteroatoms. The highest BCUT2D eigenvalue weighted by Gasteiger charge is 2.36. The summed E-state index contributed by atoms with van der Waals surface area (Å²) >= 11 is 0. The van der Waals surface area contributed by atoms with Gasteiger partial charge in [0.2, 0.25) is 5.95 Å². The Morgan fingerprint density at radius 3 is 2.45 bits per heavy atom. The third-order valence-corrected chi connectivity index (χ3v) is 5.90. The van der Waals surface area contributed by atoms with Gasteiger partial charge in [0, 0.05) is 0 Å². The van der Waals surface area contributed by atoms with Crippen LogP contribution in [0, 0.1) is 6.92 Å². The van der Waals surface area contributed by atoms with Gasteiger partial charge >= 0.3 is 5.97 Å². The first-order valence-electron chi connectivity index (χ1n) is 11.0. The zero-order valence-corrected chi connectivity index (χ0v) is 18.8. The highest BCUT2D eigenvalue weighted by Crippen LogP contribution is 2.42. The van der Waals surface area contributed by atoms with Gasteiger partial charge in [-0.2, -0.15) is 0 Å². The minimum atomic E-state index is -0.398. The van der Waals surface area contributed by atoms with E-state index in [2.05, 4.69) is 41.1 Å². The van der Waals surface area contributed by atoms with Gasteiger partial charge in [0.25, 0.3) is 0 Å². The first kappa shape index (κ1) is 20.8. The van der Waals surface area contributed by atoms with E-state index in [-0.39, 0.29) is 12.6 Å². The van der Waals surface area contributed by atoms with Crippen molar-refractivity contribution in [1.82, 2.24) is 9.55 Å². The smallest absolute Gasteiger partial charge is 0.338 e. The number of fused-ring (bicyclic) bond motifs is 3. The fourth-order valence-electron chi connectivity index (χ4n) is 4.31. The van der Waals surface area contributed by atoms with Crippen LogP contribution in [0.2, 0.25) is 0 Å². The number of para-hydroxylation sites is 2. The average molecular weight is 440 g/mol. The molecule has 1 aliphatic heterocycles. The number of hydrogen-bond acceptors (Lipinski definition) is 5. The number of benzene rings is 3. The molecule has 33 heavy (non-hydrogen) atoms. The number of methoxy groups -OCH3 is 1. The summed E-state index contributed by atoms with van der Waals surface area (Å²) in [4.78, 5) is 18.3. The number of imidazole rings is 1. The quantitative estimate of drug-likeness (QED) is 0.425. The van der Waals surface area contributed by atoms with E-state index in [0.717, 1.165) is 33.5 Å². The summed E-state index contributed by atoms with van der Waals surface area (Å²) in [6, 6.07) is 23.4. The number of aromatic nitrogens is 2. The molecule has 0 spiro atoms. The van der Waals surface area contributed by atoms with Crippen molar-refractivity contribution in [2.45, 2.75) is 19.9 Å². The van der Waals surface area contributed by atoms with Gasteiger partial charge in [-0.1, -0.05) is 42.0 Å². The summed E-state index contributed by atoms with van der Waals surface area (Å²) < 4.78 is 13.0. The average Bonchev–Trinajstić information content (AvgIpc) is 3.22. The van der Waals surface area contributed by atoms with Crippen molar-refractivity contribution in [3.8, 4) is 5.75 Å². The fraction of sp³-hybridized carbons (Fsp3) is 0.185. The Morgan fingerprint density at radius 2 is 1.76 bits per heavy atom. The van der Waals surface area contributed by atoms with Crippen LogP contribution in [0.25, 0.3) is 16.7 Å². The van der Waals surface area contributed by atoms with Gasteiger partial charge in [-0.3, -0.25) is 4.57 Å². The second-order valence-corrected chi connectivity index (χ2v) is 7.97. The zero-order chi connectivity index (χ0) is 22.9. The summed E-state index contributed by atoms with van der Waals surface area (Å²) in [5.41, 5.74) is 6.03. The van der Waals surface area contributed by atoms with Gasteiger partial charge in [-0.25, -0.2) is 9.78 Å². The molecule has 0 bridgehead atoms. The molecule has 0 fully saturated rings. The van der Waals surface area contributed by atoms with Crippen LogP contribution in [0.4, 0.5) is 5.95 Å². The molecule has 4 aromatic rings. The van der Waals surface area contributed by atoms with E-state index in [1.165, 1.54) is 0 Å². The van der Waals surface area contributed by atoms with Gasteiger partial charge in [-0.05, 0) is 61.4 Å². The number of hydrogen-bond donors (Lipinski definition) is 1. The summed E-state index contributed by atoms with van der Waals surface area (Å²) in [5.74, 6) is 1.07. The fourth-order valence-corrected chi connectivity index (χ4v) is 4.31. The Labute approximate surface area is 192 Å². The Bertz CT molecular complexity index is 1350. The lowest BCUT2D eigenvalue weighted by Crippen LogP contribution is -2.29. The molecule has 1 aliphatic rings. The first-order valence-corrected chi connectivity index (χ1v) is 11.0. The van der Waals surface area contributed by atoms with Gasteiger partial charge < -0.3 is 14.8 Å². The van der Waals surface area contributed by atoms with Crippen molar-refractivity contribution in [1.29, 1.82) is 0 Å². The van der Waals surface area contributed by atoms with Crippen molar-refractivity contribution < 1.29 is 14.3 Å². The number of esters is 1. The molecule has 0 unspecified atom stereocenters. The summed E-state index contributed by atoms with van der Waals surface area (Å²) in [6.07, 6.45) is 0. The molecule has 0 saturated carbocycles. The maximum Gasteiger partial charge on any atom is 0.338 e. The molecule has 1 N–H and O–H groups in total. The Morgan fingerprint density at radius 1 is 1.03 bits per heavy atom. The Hall–Kier alpha value is -4.06. The van der Waals surface area contributed by atoms with E-state index in [1.807, 2.05) is 55.5 Å². The van der Waals surface area contributed by atoms with Crippen LogP contribution >= 0.6 is 0 Å². The van der Waals surface area contributed by atoms with Crippen LogP contribution in [0.3, 0.4) is 0 Å². The van der Waals surface area contributed by atoms with Crippen molar-refractivity contribution in [3.63, 3.8) is 0 Å². The molecule has 166 valence electrons. The number of anilines is 1. The normalized spacial score (nSPS) is 15.2. The van der Waals surface area contributed by atoms with Crippen molar-refractivity contribution in [2.24, 2.45) is 0 Å². The maximum absolute atomic E-state index is 13.4. The van der Waals surface area contributed by atoms with Crippen LogP contribution in [0.5, 0.6) is 5.75 Å². The molecule has 1 aromatic heterocycles. The molecule has 0 saturated heterocycles. The number of nitrogens with one attached hydrogen (secondary N) is 1. The monoisotopic (exact) mass is 439 g/mol. The van der Waals surface area contributed by atoms with Gasteiger partial charge in [0.05, 0.1) is 42.1 Å². The summed E-state index contributed by atoms with van der Waals surface area (Å²) in [7, 11) is 1.63. The molecular formula is C27H25N3O3. The van der Waals surface area contributed by atoms with E-state index < -0.39 is 6.04 Å². The van der Waals surface area contributed by atoms with E-state index >= 15 is 0 Å². The lowest BCUT2D eigenvalue weighted by Gasteiger charge is -2.31. The summed E-state index contributed by atoms with van der Waals surface area (Å²) in [6.45, 7) is 4.16. The van der Waals surface area contributed by atoms with Gasteiger partial charge in [0.15, 0.2) is 0 Å². The topological polar surface area (TPSA) is 65.4 Å². The third kappa shape index (κ3) is 3.63. The zero-order valence-electron chi connectivity index (χ0n) is 18.8. The number of rotatable bonds is 5. The molecule has 0 radical (unpaired) electrons. The highest BCUT2D eigenvalue weighted by atomic mass is 16.5. The number of carbonyl (C=O) groups is 1. The molecule has 1 atom stereocenters. The lowest BCUT2D eigenvalue weighted by atomic mass is 9.92. The van der Waals surface area contributed by atoms with E-state index in [4.69, 9.17) is 14.5 Å². The SMILES string of the molecule is CCOC(=O)C1=C(c2ccc(OC)cc2)Nc2nc3ccccc3n2[C@@H]1c1ccc(C)cc1. The van der Waals surface area contributed by atoms with E-state index in [0.29, 0.717) is 17.2 Å². The van der Waals surface area contributed by atoms with E-state index in [1.54, 1.807) is 7.11 Å². The molecule has 2 heterocycles. The first-order chi connectivity index (χ1) is 16.1. The Balaban J connectivity index is 1.80. The van der Waals surface area contributed by atoms with Crippen LogP contribution in [-0.4, -0.2) is 29.2 Å². The molecule has 5 rings (SSSR count). The van der Waals surface area contributed by atoms with Gasteiger partial charge in [0.1, 0.15) is 5.75 Å². The predicted octanol–water partition coefficient (Wildman–Crippen LogP) is 5.34. The second kappa shape index (κ2) is 8.47. The predicted molar refractivity (Wildman–Crippen MR) is 129 cm³/mol. The highest BCUT2D eigenvalue weighted by molar-refractivity contribution is 6.03.